The van der Waals surface area contributed by atoms with Gasteiger partial charge in [0, 0.05) is 12.0 Å². The summed E-state index contributed by atoms with van der Waals surface area (Å²) >= 11 is 3.89. The number of aromatic nitrogens is 2. The summed E-state index contributed by atoms with van der Waals surface area (Å²) in [5.74, 6) is 3.82. The Bertz CT molecular complexity index is 538. The number of hydrogen-bond acceptors (Lipinski definition) is 2. The highest BCUT2D eigenvalue weighted by Gasteiger charge is 2.43. The SMILES string of the molecule is CCC1CC(CC)n2nc(C3CC4CCC3C4)c(Br)c2N1. The fraction of sp³-hybridized carbons (Fsp3) is 0.824. The molecule has 4 heteroatoms. The molecule has 1 N–H and O–H groups in total. The predicted octanol–water partition coefficient (Wildman–Crippen LogP) is 5.09. The Morgan fingerprint density at radius 1 is 1.19 bits per heavy atom. The second kappa shape index (κ2) is 5.29. The number of halogens is 1. The molecule has 0 amide bonds. The average molecular weight is 352 g/mol. The van der Waals surface area contributed by atoms with Gasteiger partial charge < -0.3 is 5.32 Å². The summed E-state index contributed by atoms with van der Waals surface area (Å²) < 4.78 is 3.55. The van der Waals surface area contributed by atoms with Crippen molar-refractivity contribution in [1.82, 2.24) is 9.78 Å². The molecule has 21 heavy (non-hydrogen) atoms. The molecule has 2 heterocycles. The maximum atomic E-state index is 5.08. The van der Waals surface area contributed by atoms with E-state index < -0.39 is 0 Å². The Balaban J connectivity index is 1.70. The van der Waals surface area contributed by atoms with Gasteiger partial charge in [0.2, 0.25) is 0 Å². The topological polar surface area (TPSA) is 29.9 Å². The highest BCUT2D eigenvalue weighted by atomic mass is 79.9. The van der Waals surface area contributed by atoms with Crippen molar-refractivity contribution in [3.05, 3.63) is 10.2 Å². The van der Waals surface area contributed by atoms with Crippen molar-refractivity contribution < 1.29 is 0 Å². The van der Waals surface area contributed by atoms with Crippen molar-refractivity contribution in [2.24, 2.45) is 11.8 Å². The maximum absolute atomic E-state index is 5.08. The molecule has 1 aliphatic heterocycles. The number of rotatable bonds is 3. The van der Waals surface area contributed by atoms with Crippen LogP contribution < -0.4 is 5.32 Å². The fourth-order valence-electron chi connectivity index (χ4n) is 4.93. The number of nitrogens with one attached hydrogen (secondary N) is 1. The van der Waals surface area contributed by atoms with Gasteiger partial charge in [-0.05, 0) is 66.3 Å². The van der Waals surface area contributed by atoms with Crippen molar-refractivity contribution in [1.29, 1.82) is 0 Å². The summed E-state index contributed by atoms with van der Waals surface area (Å²) in [6.45, 7) is 4.57. The van der Waals surface area contributed by atoms with Gasteiger partial charge in [-0.15, -0.1) is 0 Å². The molecule has 1 aromatic heterocycles. The van der Waals surface area contributed by atoms with Crippen LogP contribution in [-0.4, -0.2) is 15.8 Å². The van der Waals surface area contributed by atoms with E-state index in [9.17, 15) is 0 Å². The van der Waals surface area contributed by atoms with E-state index in [2.05, 4.69) is 39.8 Å². The largest absolute Gasteiger partial charge is 0.367 e. The van der Waals surface area contributed by atoms with Gasteiger partial charge in [-0.2, -0.15) is 5.10 Å². The molecule has 3 nitrogen and oxygen atoms in total. The van der Waals surface area contributed by atoms with Gasteiger partial charge in [0.25, 0.3) is 0 Å². The van der Waals surface area contributed by atoms with Gasteiger partial charge in [-0.1, -0.05) is 20.3 Å². The van der Waals surface area contributed by atoms with Crippen LogP contribution in [0.5, 0.6) is 0 Å². The van der Waals surface area contributed by atoms with Crippen LogP contribution >= 0.6 is 15.9 Å². The first-order valence-corrected chi connectivity index (χ1v) is 9.54. The van der Waals surface area contributed by atoms with Crippen molar-refractivity contribution in [2.45, 2.75) is 76.8 Å². The minimum Gasteiger partial charge on any atom is -0.367 e. The lowest BCUT2D eigenvalue weighted by Crippen LogP contribution is -2.31. The third-order valence-corrected chi connectivity index (χ3v) is 6.96. The van der Waals surface area contributed by atoms with Gasteiger partial charge in [0.05, 0.1) is 16.2 Å². The van der Waals surface area contributed by atoms with Crippen LogP contribution in [0.25, 0.3) is 0 Å². The van der Waals surface area contributed by atoms with Gasteiger partial charge in [0.15, 0.2) is 0 Å². The van der Waals surface area contributed by atoms with E-state index in [1.807, 2.05) is 0 Å². The van der Waals surface area contributed by atoms with Crippen LogP contribution in [0.2, 0.25) is 0 Å². The van der Waals surface area contributed by atoms with Crippen molar-refractivity contribution in [3.63, 3.8) is 0 Å². The second-order valence-corrected chi connectivity index (χ2v) is 8.11. The molecule has 2 fully saturated rings. The number of hydrogen-bond donors (Lipinski definition) is 1. The standard InChI is InChI=1S/C17H26BrN3/c1-3-12-9-13(4-2)21-17(19-12)15(18)16(20-21)14-8-10-5-6-11(14)7-10/h10-14,19H,3-9H2,1-2H3. The first-order chi connectivity index (χ1) is 10.2. The average Bonchev–Trinajstić information content (AvgIpc) is 3.21. The minimum atomic E-state index is 0.565. The Morgan fingerprint density at radius 2 is 2.05 bits per heavy atom. The first kappa shape index (κ1) is 14.1. The van der Waals surface area contributed by atoms with Gasteiger partial charge in [-0.3, -0.25) is 0 Å². The van der Waals surface area contributed by atoms with Crippen LogP contribution in [0.3, 0.4) is 0 Å². The van der Waals surface area contributed by atoms with E-state index in [1.165, 1.54) is 60.9 Å². The third kappa shape index (κ3) is 2.16. The van der Waals surface area contributed by atoms with Gasteiger partial charge >= 0.3 is 0 Å². The normalized spacial score (nSPS) is 37.6. The molecule has 5 atom stereocenters. The monoisotopic (exact) mass is 351 g/mol. The fourth-order valence-corrected chi connectivity index (χ4v) is 5.60. The third-order valence-electron chi connectivity index (χ3n) is 6.17. The zero-order valence-corrected chi connectivity index (χ0v) is 14.7. The summed E-state index contributed by atoms with van der Waals surface area (Å²) in [5.41, 5.74) is 1.35. The molecule has 2 saturated carbocycles. The highest BCUT2D eigenvalue weighted by Crippen LogP contribution is 2.54. The van der Waals surface area contributed by atoms with Crippen LogP contribution in [-0.2, 0) is 0 Å². The number of nitrogens with zero attached hydrogens (tertiary/aromatic N) is 2. The number of fused-ring (bicyclic) bond motifs is 3. The van der Waals surface area contributed by atoms with Crippen LogP contribution in [0, 0.1) is 11.8 Å². The quantitative estimate of drug-likeness (QED) is 0.821. The molecule has 5 unspecified atom stereocenters. The zero-order chi connectivity index (χ0) is 14.6. The highest BCUT2D eigenvalue weighted by molar-refractivity contribution is 9.10. The van der Waals surface area contributed by atoms with E-state index in [1.54, 1.807) is 0 Å². The molecule has 2 aliphatic carbocycles. The first-order valence-electron chi connectivity index (χ1n) is 8.75. The number of anilines is 1. The van der Waals surface area contributed by atoms with Crippen LogP contribution in [0.15, 0.2) is 4.47 Å². The minimum absolute atomic E-state index is 0.565. The Kier molecular flexibility index (Phi) is 3.55. The summed E-state index contributed by atoms with van der Waals surface area (Å²) in [6, 6.07) is 1.16. The summed E-state index contributed by atoms with van der Waals surface area (Å²) in [7, 11) is 0. The molecule has 0 saturated heterocycles. The Morgan fingerprint density at radius 3 is 2.67 bits per heavy atom. The van der Waals surface area contributed by atoms with Crippen LogP contribution in [0.1, 0.15) is 76.4 Å². The summed E-state index contributed by atoms with van der Waals surface area (Å²) in [6.07, 6.45) is 9.28. The van der Waals surface area contributed by atoms with Gasteiger partial charge in [0.1, 0.15) is 5.82 Å². The smallest absolute Gasteiger partial charge is 0.139 e. The molecule has 0 radical (unpaired) electrons. The van der Waals surface area contributed by atoms with E-state index in [-0.39, 0.29) is 0 Å². The Hall–Kier alpha value is -0.510. The summed E-state index contributed by atoms with van der Waals surface area (Å²) in [4.78, 5) is 0. The summed E-state index contributed by atoms with van der Waals surface area (Å²) in [5, 5.41) is 8.80. The van der Waals surface area contributed by atoms with Crippen LogP contribution in [0.4, 0.5) is 5.82 Å². The maximum Gasteiger partial charge on any atom is 0.139 e. The molecular weight excluding hydrogens is 326 g/mol. The van der Waals surface area contributed by atoms with E-state index in [4.69, 9.17) is 5.10 Å². The molecule has 4 rings (SSSR count). The van der Waals surface area contributed by atoms with Crippen molar-refractivity contribution in [2.75, 3.05) is 5.32 Å². The second-order valence-electron chi connectivity index (χ2n) is 7.32. The van der Waals surface area contributed by atoms with E-state index in [0.29, 0.717) is 18.0 Å². The lowest BCUT2D eigenvalue weighted by Gasteiger charge is -2.31. The molecular formula is C17H26BrN3. The molecule has 0 spiro atoms. The molecule has 2 bridgehead atoms. The molecule has 3 aliphatic rings. The van der Waals surface area contributed by atoms with Gasteiger partial charge in [-0.25, -0.2) is 4.68 Å². The molecule has 0 aromatic carbocycles. The van der Waals surface area contributed by atoms with E-state index in [0.717, 1.165) is 11.8 Å². The van der Waals surface area contributed by atoms with Crippen molar-refractivity contribution >= 4 is 21.7 Å². The lowest BCUT2D eigenvalue weighted by molar-refractivity contribution is 0.353. The van der Waals surface area contributed by atoms with Crippen molar-refractivity contribution in [3.8, 4) is 0 Å². The lowest BCUT2D eigenvalue weighted by atomic mass is 9.86. The molecule has 116 valence electrons. The predicted molar refractivity (Wildman–Crippen MR) is 89.8 cm³/mol. The zero-order valence-electron chi connectivity index (χ0n) is 13.1. The Labute approximate surface area is 136 Å². The van der Waals surface area contributed by atoms with E-state index >= 15 is 0 Å². The molecule has 1 aromatic rings.